The first-order chi connectivity index (χ1) is 9.06. The fourth-order valence-corrected chi connectivity index (χ4v) is 1.40. The number of methoxy groups -OCH3 is 1. The van der Waals surface area contributed by atoms with Gasteiger partial charge in [-0.1, -0.05) is 12.1 Å². The summed E-state index contributed by atoms with van der Waals surface area (Å²) in [6, 6.07) is 4.68. The molecule has 0 amide bonds. The topological polar surface area (TPSA) is 72.8 Å². The van der Waals surface area contributed by atoms with Crippen LogP contribution < -0.4 is 4.74 Å². The molecule has 0 saturated carbocycles. The Labute approximate surface area is 111 Å². The van der Waals surface area contributed by atoms with Gasteiger partial charge in [0.15, 0.2) is 17.3 Å². The molecule has 0 saturated heterocycles. The van der Waals surface area contributed by atoms with Crippen LogP contribution in [-0.2, 0) is 14.3 Å². The molecule has 0 aliphatic heterocycles. The third-order valence-electron chi connectivity index (χ3n) is 2.29. The van der Waals surface area contributed by atoms with E-state index >= 15 is 0 Å². The molecule has 0 spiro atoms. The standard InChI is InChI=1S/C14H16O5/c1-3-19-14(17)9-11(15)6-4-10-5-7-12(16)13(8-10)18-2/h4-8,16H,3,9H2,1-2H3. The second kappa shape index (κ2) is 7.20. The van der Waals surface area contributed by atoms with Crippen LogP contribution in [0.1, 0.15) is 18.9 Å². The van der Waals surface area contributed by atoms with Crippen molar-refractivity contribution >= 4 is 17.8 Å². The summed E-state index contributed by atoms with van der Waals surface area (Å²) in [6.07, 6.45) is 2.56. The Morgan fingerprint density at radius 1 is 1.37 bits per heavy atom. The molecule has 102 valence electrons. The number of carbonyl (C=O) groups is 2. The summed E-state index contributed by atoms with van der Waals surface area (Å²) in [5.74, 6) is -0.538. The van der Waals surface area contributed by atoms with Crippen molar-refractivity contribution in [3.63, 3.8) is 0 Å². The van der Waals surface area contributed by atoms with Crippen molar-refractivity contribution in [2.75, 3.05) is 13.7 Å². The van der Waals surface area contributed by atoms with Gasteiger partial charge < -0.3 is 14.6 Å². The number of hydrogen-bond donors (Lipinski definition) is 1. The van der Waals surface area contributed by atoms with Crippen LogP contribution in [0.5, 0.6) is 11.5 Å². The minimum absolute atomic E-state index is 0.0255. The van der Waals surface area contributed by atoms with Crippen molar-refractivity contribution in [3.05, 3.63) is 29.8 Å². The molecule has 0 aromatic heterocycles. The molecule has 0 radical (unpaired) electrons. The largest absolute Gasteiger partial charge is 0.504 e. The first-order valence-electron chi connectivity index (χ1n) is 5.80. The molecule has 0 heterocycles. The number of esters is 1. The van der Waals surface area contributed by atoms with E-state index in [-0.39, 0.29) is 24.6 Å². The van der Waals surface area contributed by atoms with E-state index in [1.165, 1.54) is 19.3 Å². The maximum absolute atomic E-state index is 11.5. The quantitative estimate of drug-likeness (QED) is 0.483. The normalized spacial score (nSPS) is 10.4. The zero-order chi connectivity index (χ0) is 14.3. The van der Waals surface area contributed by atoms with Crippen molar-refractivity contribution in [2.45, 2.75) is 13.3 Å². The Balaban J connectivity index is 2.66. The van der Waals surface area contributed by atoms with E-state index in [2.05, 4.69) is 4.74 Å². The summed E-state index contributed by atoms with van der Waals surface area (Å²) in [7, 11) is 1.44. The third kappa shape index (κ3) is 4.83. The fraction of sp³-hybridized carbons (Fsp3) is 0.286. The first kappa shape index (κ1) is 14.8. The number of phenols is 1. The smallest absolute Gasteiger partial charge is 0.313 e. The Bertz CT molecular complexity index is 491. The third-order valence-corrected chi connectivity index (χ3v) is 2.29. The summed E-state index contributed by atoms with van der Waals surface area (Å²) in [6.45, 7) is 1.94. The van der Waals surface area contributed by atoms with Gasteiger partial charge in [-0.15, -0.1) is 0 Å². The van der Waals surface area contributed by atoms with E-state index in [4.69, 9.17) is 4.74 Å². The molecule has 1 aromatic rings. The number of carbonyl (C=O) groups excluding carboxylic acids is 2. The molecule has 0 fully saturated rings. The number of hydrogen-bond acceptors (Lipinski definition) is 5. The lowest BCUT2D eigenvalue weighted by atomic mass is 10.1. The number of allylic oxidation sites excluding steroid dienone is 1. The molecular formula is C14H16O5. The molecule has 0 unspecified atom stereocenters. The second-order valence-electron chi connectivity index (χ2n) is 3.71. The Kier molecular flexibility index (Phi) is 5.60. The van der Waals surface area contributed by atoms with Gasteiger partial charge in [-0.2, -0.15) is 0 Å². The molecular weight excluding hydrogens is 248 g/mol. The highest BCUT2D eigenvalue weighted by Gasteiger charge is 2.07. The first-order valence-corrected chi connectivity index (χ1v) is 5.80. The molecule has 0 aliphatic carbocycles. The van der Waals surface area contributed by atoms with Gasteiger partial charge in [0.1, 0.15) is 6.42 Å². The monoisotopic (exact) mass is 264 g/mol. The van der Waals surface area contributed by atoms with Crippen LogP contribution in [0.3, 0.4) is 0 Å². The van der Waals surface area contributed by atoms with Crippen LogP contribution in [0, 0.1) is 0 Å². The average molecular weight is 264 g/mol. The van der Waals surface area contributed by atoms with E-state index in [1.54, 1.807) is 25.1 Å². The number of ketones is 1. The van der Waals surface area contributed by atoms with Gasteiger partial charge in [-0.25, -0.2) is 0 Å². The highest BCUT2D eigenvalue weighted by molar-refractivity contribution is 6.03. The molecule has 5 heteroatoms. The number of ether oxygens (including phenoxy) is 2. The van der Waals surface area contributed by atoms with Gasteiger partial charge in [-0.3, -0.25) is 9.59 Å². The molecule has 0 aliphatic rings. The molecule has 5 nitrogen and oxygen atoms in total. The maximum atomic E-state index is 11.5. The molecule has 1 N–H and O–H groups in total. The van der Waals surface area contributed by atoms with Crippen LogP contribution in [0.2, 0.25) is 0 Å². The highest BCUT2D eigenvalue weighted by Crippen LogP contribution is 2.26. The van der Waals surface area contributed by atoms with Crippen LogP contribution in [0.4, 0.5) is 0 Å². The minimum atomic E-state index is -0.541. The lowest BCUT2D eigenvalue weighted by Gasteiger charge is -2.03. The van der Waals surface area contributed by atoms with E-state index < -0.39 is 5.97 Å². The maximum Gasteiger partial charge on any atom is 0.313 e. The van der Waals surface area contributed by atoms with Gasteiger partial charge in [-0.05, 0) is 30.7 Å². The van der Waals surface area contributed by atoms with E-state index in [0.717, 1.165) is 0 Å². The van der Waals surface area contributed by atoms with Crippen LogP contribution in [-0.4, -0.2) is 30.6 Å². The predicted octanol–water partition coefficient (Wildman–Crippen LogP) is 1.94. The van der Waals surface area contributed by atoms with Gasteiger partial charge >= 0.3 is 5.97 Å². The van der Waals surface area contributed by atoms with Crippen molar-refractivity contribution in [2.24, 2.45) is 0 Å². The van der Waals surface area contributed by atoms with Gasteiger partial charge in [0.25, 0.3) is 0 Å². The van der Waals surface area contributed by atoms with Gasteiger partial charge in [0.2, 0.25) is 0 Å². The van der Waals surface area contributed by atoms with Crippen molar-refractivity contribution in [1.82, 2.24) is 0 Å². The number of phenolic OH excluding ortho intramolecular Hbond substituents is 1. The zero-order valence-corrected chi connectivity index (χ0v) is 10.9. The fourth-order valence-electron chi connectivity index (χ4n) is 1.40. The molecule has 1 rings (SSSR count). The van der Waals surface area contributed by atoms with Crippen molar-refractivity contribution in [3.8, 4) is 11.5 Å². The Hall–Kier alpha value is -2.30. The second-order valence-corrected chi connectivity index (χ2v) is 3.71. The average Bonchev–Trinajstić information content (AvgIpc) is 2.38. The zero-order valence-electron chi connectivity index (χ0n) is 10.9. The summed E-state index contributed by atoms with van der Waals surface area (Å²) in [4.78, 5) is 22.5. The lowest BCUT2D eigenvalue weighted by molar-refractivity contribution is -0.144. The summed E-state index contributed by atoms with van der Waals surface area (Å²) < 4.78 is 9.62. The summed E-state index contributed by atoms with van der Waals surface area (Å²) in [5.41, 5.74) is 0.687. The number of rotatable bonds is 6. The highest BCUT2D eigenvalue weighted by atomic mass is 16.5. The minimum Gasteiger partial charge on any atom is -0.504 e. The SMILES string of the molecule is CCOC(=O)CC(=O)C=Cc1ccc(O)c(OC)c1. The molecule has 19 heavy (non-hydrogen) atoms. The molecule has 1 aromatic carbocycles. The van der Waals surface area contributed by atoms with Gasteiger partial charge in [0.05, 0.1) is 13.7 Å². The van der Waals surface area contributed by atoms with Crippen molar-refractivity contribution in [1.29, 1.82) is 0 Å². The van der Waals surface area contributed by atoms with Gasteiger partial charge in [0, 0.05) is 0 Å². The van der Waals surface area contributed by atoms with Crippen molar-refractivity contribution < 1.29 is 24.2 Å². The molecule has 0 bridgehead atoms. The molecule has 0 atom stereocenters. The van der Waals surface area contributed by atoms with Crippen LogP contribution in [0.15, 0.2) is 24.3 Å². The lowest BCUT2D eigenvalue weighted by Crippen LogP contribution is -2.08. The summed E-state index contributed by atoms with van der Waals surface area (Å²) >= 11 is 0. The van der Waals surface area contributed by atoms with Crippen LogP contribution >= 0.6 is 0 Å². The summed E-state index contributed by atoms with van der Waals surface area (Å²) in [5, 5.41) is 9.41. The predicted molar refractivity (Wildman–Crippen MR) is 69.9 cm³/mol. The number of benzene rings is 1. The van der Waals surface area contributed by atoms with E-state index in [0.29, 0.717) is 11.3 Å². The number of aromatic hydroxyl groups is 1. The Morgan fingerprint density at radius 3 is 2.74 bits per heavy atom. The Morgan fingerprint density at radius 2 is 2.11 bits per heavy atom. The van der Waals surface area contributed by atoms with E-state index in [1.807, 2.05) is 0 Å². The van der Waals surface area contributed by atoms with E-state index in [9.17, 15) is 14.7 Å². The van der Waals surface area contributed by atoms with Crippen LogP contribution in [0.25, 0.3) is 6.08 Å².